The van der Waals surface area contributed by atoms with Crippen molar-refractivity contribution in [2.45, 2.75) is 51.6 Å². The summed E-state index contributed by atoms with van der Waals surface area (Å²) >= 11 is 5.49. The number of rotatable bonds is 4. The van der Waals surface area contributed by atoms with E-state index >= 15 is 0 Å². The molecule has 0 saturated heterocycles. The van der Waals surface area contributed by atoms with Crippen LogP contribution in [0.3, 0.4) is 0 Å². The molecule has 1 heterocycles. The predicted molar refractivity (Wildman–Crippen MR) is 87.7 cm³/mol. The van der Waals surface area contributed by atoms with Gasteiger partial charge < -0.3 is 5.73 Å². The van der Waals surface area contributed by atoms with Gasteiger partial charge in [0.05, 0.1) is 6.04 Å². The Morgan fingerprint density at radius 2 is 2.26 bits per heavy atom. The molecule has 1 aromatic heterocycles. The quantitative estimate of drug-likeness (QED) is 0.880. The maximum Gasteiger partial charge on any atom is 0.0564 e. The van der Waals surface area contributed by atoms with Crippen LogP contribution in [-0.2, 0) is 0 Å². The number of hydrogen-bond acceptors (Lipinski definition) is 3. The number of aryl methyl sites for hydroxylation is 1. The van der Waals surface area contributed by atoms with E-state index in [1.165, 1.54) is 39.9 Å². The minimum absolute atomic E-state index is 0.366. The van der Waals surface area contributed by atoms with Crippen LogP contribution in [0.25, 0.3) is 0 Å². The van der Waals surface area contributed by atoms with Gasteiger partial charge in [0.2, 0.25) is 0 Å². The summed E-state index contributed by atoms with van der Waals surface area (Å²) in [7, 11) is 2.25. The van der Waals surface area contributed by atoms with Gasteiger partial charge in [0.25, 0.3) is 0 Å². The Morgan fingerprint density at radius 3 is 2.79 bits per heavy atom. The van der Waals surface area contributed by atoms with E-state index in [4.69, 9.17) is 5.73 Å². The summed E-state index contributed by atoms with van der Waals surface area (Å²) in [4.78, 5) is 5.26. The van der Waals surface area contributed by atoms with Gasteiger partial charge in [0.15, 0.2) is 0 Å². The van der Waals surface area contributed by atoms with Crippen LogP contribution in [0, 0.1) is 12.8 Å². The molecule has 1 aliphatic carbocycles. The van der Waals surface area contributed by atoms with E-state index in [2.05, 4.69) is 47.8 Å². The fourth-order valence-electron chi connectivity index (χ4n) is 3.16. The molecule has 0 amide bonds. The Balaban J connectivity index is 2.12. The molecule has 1 saturated carbocycles. The number of nitrogens with zero attached hydrogens (tertiary/aromatic N) is 1. The first-order valence-corrected chi connectivity index (χ1v) is 8.81. The molecule has 0 aromatic carbocycles. The number of likely N-dealkylation sites (N-methyl/N-ethyl adjacent to an activating group) is 1. The zero-order chi connectivity index (χ0) is 14.0. The van der Waals surface area contributed by atoms with Crippen LogP contribution in [0.2, 0.25) is 0 Å². The van der Waals surface area contributed by atoms with E-state index in [9.17, 15) is 0 Å². The number of hydrogen-bond donors (Lipinski definition) is 1. The molecule has 2 rings (SSSR count). The molecule has 19 heavy (non-hydrogen) atoms. The Hall–Kier alpha value is 0.100. The first-order valence-electron chi connectivity index (χ1n) is 7.20. The van der Waals surface area contributed by atoms with Crippen molar-refractivity contribution in [1.82, 2.24) is 4.90 Å². The van der Waals surface area contributed by atoms with E-state index in [0.717, 1.165) is 5.92 Å². The van der Waals surface area contributed by atoms with E-state index < -0.39 is 0 Å². The highest BCUT2D eigenvalue weighted by Gasteiger charge is 2.28. The van der Waals surface area contributed by atoms with Crippen molar-refractivity contribution < 1.29 is 0 Å². The van der Waals surface area contributed by atoms with Crippen LogP contribution in [0.4, 0.5) is 0 Å². The molecule has 0 bridgehead atoms. The third-order valence-electron chi connectivity index (χ3n) is 4.40. The molecule has 1 fully saturated rings. The van der Waals surface area contributed by atoms with Crippen molar-refractivity contribution in [3.05, 3.63) is 20.3 Å². The molecule has 0 spiro atoms. The van der Waals surface area contributed by atoms with Crippen molar-refractivity contribution >= 4 is 27.3 Å². The molecule has 0 radical (unpaired) electrons. The first kappa shape index (κ1) is 15.5. The Labute approximate surface area is 129 Å². The van der Waals surface area contributed by atoms with Crippen LogP contribution in [0.1, 0.15) is 48.4 Å². The van der Waals surface area contributed by atoms with Gasteiger partial charge in [0, 0.05) is 26.8 Å². The largest absolute Gasteiger partial charge is 0.329 e. The van der Waals surface area contributed by atoms with Gasteiger partial charge in [-0.15, -0.1) is 11.3 Å². The standard InChI is InChI=1S/C15H25BrN2S/c1-10-5-4-6-12(7-10)18(3)14(9-17)15-8-13(16)11(2)19-15/h8,10,12,14H,4-7,9,17H2,1-3H3. The Bertz CT molecular complexity index is 399. The highest BCUT2D eigenvalue weighted by molar-refractivity contribution is 9.10. The summed E-state index contributed by atoms with van der Waals surface area (Å²) in [5, 5.41) is 0. The molecule has 3 unspecified atom stereocenters. The summed E-state index contributed by atoms with van der Waals surface area (Å²) in [6.07, 6.45) is 5.39. The van der Waals surface area contributed by atoms with Crippen LogP contribution in [0.15, 0.2) is 10.5 Å². The van der Waals surface area contributed by atoms with Gasteiger partial charge >= 0.3 is 0 Å². The van der Waals surface area contributed by atoms with E-state index in [1.54, 1.807) is 0 Å². The molecule has 2 N–H and O–H groups in total. The van der Waals surface area contributed by atoms with E-state index in [-0.39, 0.29) is 0 Å². The van der Waals surface area contributed by atoms with Crippen LogP contribution in [0.5, 0.6) is 0 Å². The lowest BCUT2D eigenvalue weighted by atomic mass is 9.86. The monoisotopic (exact) mass is 344 g/mol. The average Bonchev–Trinajstić information content (AvgIpc) is 2.70. The summed E-state index contributed by atoms with van der Waals surface area (Å²) in [6, 6.07) is 3.31. The van der Waals surface area contributed by atoms with Crippen molar-refractivity contribution in [2.24, 2.45) is 11.7 Å². The average molecular weight is 345 g/mol. The highest BCUT2D eigenvalue weighted by Crippen LogP contribution is 2.36. The smallest absolute Gasteiger partial charge is 0.0564 e. The normalized spacial score (nSPS) is 25.8. The van der Waals surface area contributed by atoms with Crippen molar-refractivity contribution in [2.75, 3.05) is 13.6 Å². The summed E-state index contributed by atoms with van der Waals surface area (Å²) in [5.74, 6) is 0.858. The van der Waals surface area contributed by atoms with Gasteiger partial charge in [-0.2, -0.15) is 0 Å². The van der Waals surface area contributed by atoms with Crippen LogP contribution < -0.4 is 5.73 Å². The fraction of sp³-hybridized carbons (Fsp3) is 0.733. The second-order valence-electron chi connectivity index (χ2n) is 5.90. The summed E-state index contributed by atoms with van der Waals surface area (Å²) < 4.78 is 1.22. The van der Waals surface area contributed by atoms with Gasteiger partial charge in [0.1, 0.15) is 0 Å². The minimum atomic E-state index is 0.366. The third kappa shape index (κ3) is 3.60. The third-order valence-corrected chi connectivity index (χ3v) is 6.64. The number of thiophene rings is 1. The second-order valence-corrected chi connectivity index (χ2v) is 8.04. The Kier molecular flexibility index (Phi) is 5.46. The lowest BCUT2D eigenvalue weighted by Gasteiger charge is -2.38. The maximum absolute atomic E-state index is 6.06. The second kappa shape index (κ2) is 6.70. The zero-order valence-corrected chi connectivity index (χ0v) is 14.6. The molecule has 1 aliphatic rings. The van der Waals surface area contributed by atoms with Crippen molar-refractivity contribution in [3.8, 4) is 0 Å². The highest BCUT2D eigenvalue weighted by atomic mass is 79.9. The number of halogens is 1. The van der Waals surface area contributed by atoms with Gasteiger partial charge in [-0.3, -0.25) is 4.90 Å². The van der Waals surface area contributed by atoms with Gasteiger partial charge in [-0.05, 0) is 54.7 Å². The molecular formula is C15H25BrN2S. The summed E-state index contributed by atoms with van der Waals surface area (Å²) in [5.41, 5.74) is 6.06. The molecule has 3 atom stereocenters. The molecule has 1 aromatic rings. The number of nitrogens with two attached hydrogens (primary N) is 1. The molecule has 0 aliphatic heterocycles. The first-order chi connectivity index (χ1) is 9.02. The lowest BCUT2D eigenvalue weighted by molar-refractivity contribution is 0.122. The maximum atomic E-state index is 6.06. The van der Waals surface area contributed by atoms with E-state index in [0.29, 0.717) is 18.6 Å². The van der Waals surface area contributed by atoms with Crippen molar-refractivity contribution in [1.29, 1.82) is 0 Å². The Morgan fingerprint density at radius 1 is 1.53 bits per heavy atom. The molecule has 108 valence electrons. The zero-order valence-electron chi connectivity index (χ0n) is 12.2. The van der Waals surface area contributed by atoms with Gasteiger partial charge in [-0.1, -0.05) is 19.8 Å². The predicted octanol–water partition coefficient (Wildman–Crippen LogP) is 4.33. The molecule has 4 heteroatoms. The van der Waals surface area contributed by atoms with Crippen LogP contribution >= 0.6 is 27.3 Å². The topological polar surface area (TPSA) is 29.3 Å². The van der Waals surface area contributed by atoms with Crippen LogP contribution in [-0.4, -0.2) is 24.5 Å². The SMILES string of the molecule is Cc1sc(C(CN)N(C)C2CCCC(C)C2)cc1Br. The van der Waals surface area contributed by atoms with E-state index in [1.807, 2.05) is 11.3 Å². The fourth-order valence-corrected chi connectivity index (χ4v) is 4.88. The minimum Gasteiger partial charge on any atom is -0.329 e. The lowest BCUT2D eigenvalue weighted by Crippen LogP contribution is -2.40. The van der Waals surface area contributed by atoms with Gasteiger partial charge in [-0.25, -0.2) is 0 Å². The van der Waals surface area contributed by atoms with Crippen molar-refractivity contribution in [3.63, 3.8) is 0 Å². The summed E-state index contributed by atoms with van der Waals surface area (Å²) in [6.45, 7) is 5.24. The molecular weight excluding hydrogens is 320 g/mol. The molecule has 2 nitrogen and oxygen atoms in total.